The molecule has 0 bridgehead atoms. The molecule has 0 aliphatic carbocycles. The lowest BCUT2D eigenvalue weighted by Crippen LogP contribution is -2.38. The van der Waals surface area contributed by atoms with Crippen molar-refractivity contribution in [1.82, 2.24) is 0 Å². The summed E-state index contributed by atoms with van der Waals surface area (Å²) in [6.45, 7) is 7.39. The number of aryl methyl sites for hydroxylation is 1. The molecular formula is C14H23ClO4SSi. The Morgan fingerprint density at radius 3 is 2.05 bits per heavy atom. The molecule has 21 heavy (non-hydrogen) atoms. The fourth-order valence-electron chi connectivity index (χ4n) is 2.23. The van der Waals surface area contributed by atoms with Crippen molar-refractivity contribution in [3.05, 3.63) is 29.8 Å². The lowest BCUT2D eigenvalue weighted by molar-refractivity contribution is 0.188. The van der Waals surface area contributed by atoms with Crippen LogP contribution in [0.15, 0.2) is 29.2 Å². The lowest BCUT2D eigenvalue weighted by Gasteiger charge is -2.25. The predicted octanol–water partition coefficient (Wildman–Crippen LogP) is 3.69. The van der Waals surface area contributed by atoms with Crippen molar-refractivity contribution in [2.24, 2.45) is 0 Å². The molecule has 0 saturated heterocycles. The molecule has 0 unspecified atom stereocenters. The highest BCUT2D eigenvalue weighted by atomic mass is 35.7. The van der Waals surface area contributed by atoms with Crippen LogP contribution in [0.1, 0.15) is 25.8 Å². The zero-order valence-electron chi connectivity index (χ0n) is 12.8. The van der Waals surface area contributed by atoms with Gasteiger partial charge in [-0.25, -0.2) is 8.42 Å². The van der Waals surface area contributed by atoms with E-state index >= 15 is 0 Å². The minimum atomic E-state index is -3.64. The van der Waals surface area contributed by atoms with Gasteiger partial charge in [0.1, 0.15) is 0 Å². The molecule has 0 N–H and O–H groups in total. The van der Waals surface area contributed by atoms with Gasteiger partial charge in [-0.1, -0.05) is 12.1 Å². The molecule has 0 heterocycles. The molecule has 0 saturated carbocycles. The largest absolute Gasteiger partial charge is 0.395 e. The van der Waals surface area contributed by atoms with E-state index in [9.17, 15) is 8.42 Å². The van der Waals surface area contributed by atoms with Crippen molar-refractivity contribution in [1.29, 1.82) is 0 Å². The zero-order valence-corrected chi connectivity index (χ0v) is 15.3. The first-order chi connectivity index (χ1) is 9.80. The first-order valence-corrected chi connectivity index (χ1v) is 12.0. The van der Waals surface area contributed by atoms with E-state index in [0.29, 0.717) is 13.2 Å². The molecular weight excluding hydrogens is 328 g/mol. The van der Waals surface area contributed by atoms with Crippen LogP contribution in [0.25, 0.3) is 0 Å². The molecule has 7 heteroatoms. The van der Waals surface area contributed by atoms with E-state index in [1.807, 2.05) is 13.8 Å². The number of hydrogen-bond acceptors (Lipinski definition) is 4. The third-order valence-corrected chi connectivity index (χ3v) is 7.63. The van der Waals surface area contributed by atoms with Crippen molar-refractivity contribution in [3.63, 3.8) is 0 Å². The number of hydrogen-bond donors (Lipinski definition) is 0. The molecule has 0 aliphatic heterocycles. The molecule has 1 rings (SSSR count). The molecule has 0 fully saturated rings. The zero-order chi connectivity index (χ0) is 15.9. The molecule has 0 radical (unpaired) electrons. The third-order valence-electron chi connectivity index (χ3n) is 3.20. The first-order valence-electron chi connectivity index (χ1n) is 7.12. The van der Waals surface area contributed by atoms with E-state index in [1.54, 1.807) is 24.3 Å². The van der Waals surface area contributed by atoms with Gasteiger partial charge in [0.15, 0.2) is 0 Å². The Bertz CT molecular complexity index is 524. The summed E-state index contributed by atoms with van der Waals surface area (Å²) in [6, 6.07) is 7.61. The molecule has 0 spiro atoms. The van der Waals surface area contributed by atoms with E-state index in [0.717, 1.165) is 24.4 Å². The predicted molar refractivity (Wildman–Crippen MR) is 87.5 cm³/mol. The minimum absolute atomic E-state index is 0.135. The second-order valence-electron chi connectivity index (χ2n) is 4.94. The van der Waals surface area contributed by atoms with E-state index in [1.165, 1.54) is 0 Å². The van der Waals surface area contributed by atoms with Gasteiger partial charge in [-0.2, -0.15) is 0 Å². The highest BCUT2D eigenvalue weighted by molar-refractivity contribution is 8.13. The Kier molecular flexibility index (Phi) is 7.36. The van der Waals surface area contributed by atoms with E-state index < -0.39 is 17.6 Å². The fraction of sp³-hybridized carbons (Fsp3) is 0.571. The first kappa shape index (κ1) is 18.6. The second-order valence-corrected chi connectivity index (χ2v) is 10.8. The second kappa shape index (κ2) is 8.29. The molecule has 0 atom stereocenters. The monoisotopic (exact) mass is 350 g/mol. The van der Waals surface area contributed by atoms with Crippen molar-refractivity contribution in [2.75, 3.05) is 13.2 Å². The lowest BCUT2D eigenvalue weighted by atomic mass is 10.1. The van der Waals surface area contributed by atoms with Crippen LogP contribution in [0.3, 0.4) is 0 Å². The summed E-state index contributed by atoms with van der Waals surface area (Å²) in [4.78, 5) is 0.135. The topological polar surface area (TPSA) is 52.6 Å². The summed E-state index contributed by atoms with van der Waals surface area (Å²) < 4.78 is 33.9. The average Bonchev–Trinajstić information content (AvgIpc) is 2.39. The Morgan fingerprint density at radius 1 is 1.10 bits per heavy atom. The standard InChI is InChI=1S/C14H23ClO4SSi/c1-4-18-21(3,19-5-2)12-6-7-13-8-10-14(11-9-13)20(15,16)17/h8-11H,4-7,12H2,1-3H3. The van der Waals surface area contributed by atoms with Gasteiger partial charge < -0.3 is 8.85 Å². The number of rotatable bonds is 9. The fourth-order valence-corrected chi connectivity index (χ4v) is 5.41. The van der Waals surface area contributed by atoms with Gasteiger partial charge in [0.05, 0.1) is 4.90 Å². The molecule has 0 aromatic heterocycles. The van der Waals surface area contributed by atoms with Crippen LogP contribution in [-0.2, 0) is 24.3 Å². The van der Waals surface area contributed by atoms with Gasteiger partial charge in [-0.05, 0) is 57.0 Å². The Balaban J connectivity index is 2.55. The van der Waals surface area contributed by atoms with Gasteiger partial charge in [0.2, 0.25) is 0 Å². The summed E-state index contributed by atoms with van der Waals surface area (Å²) in [7, 11) is -0.411. The summed E-state index contributed by atoms with van der Waals surface area (Å²) in [5, 5.41) is 0. The molecule has 120 valence electrons. The normalized spacial score (nSPS) is 12.6. The molecule has 1 aromatic carbocycles. The quantitative estimate of drug-likeness (QED) is 0.503. The Labute approximate surface area is 133 Å². The van der Waals surface area contributed by atoms with Crippen LogP contribution in [0.5, 0.6) is 0 Å². The number of halogens is 1. The average molecular weight is 351 g/mol. The maximum absolute atomic E-state index is 11.2. The smallest absolute Gasteiger partial charge is 0.334 e. The summed E-state index contributed by atoms with van der Waals surface area (Å²) >= 11 is 0. The SMILES string of the molecule is CCO[Si](C)(CCCc1ccc(S(=O)(=O)Cl)cc1)OCC. The highest BCUT2D eigenvalue weighted by Crippen LogP contribution is 2.20. The maximum Gasteiger partial charge on any atom is 0.334 e. The summed E-state index contributed by atoms with van der Waals surface area (Å²) in [5.41, 5.74) is 1.09. The highest BCUT2D eigenvalue weighted by Gasteiger charge is 2.29. The van der Waals surface area contributed by atoms with Gasteiger partial charge >= 0.3 is 8.56 Å². The van der Waals surface area contributed by atoms with Gasteiger partial charge in [0.25, 0.3) is 9.05 Å². The van der Waals surface area contributed by atoms with Gasteiger partial charge in [-0.3, -0.25) is 0 Å². The maximum atomic E-state index is 11.2. The third kappa shape index (κ3) is 6.48. The Hall–Kier alpha value is -0.403. The van der Waals surface area contributed by atoms with E-state index in [-0.39, 0.29) is 4.90 Å². The van der Waals surface area contributed by atoms with Crippen LogP contribution in [-0.4, -0.2) is 30.2 Å². The molecule has 4 nitrogen and oxygen atoms in total. The van der Waals surface area contributed by atoms with Crippen LogP contribution < -0.4 is 0 Å². The van der Waals surface area contributed by atoms with Crippen molar-refractivity contribution in [3.8, 4) is 0 Å². The van der Waals surface area contributed by atoms with E-state index in [4.69, 9.17) is 19.5 Å². The van der Waals surface area contributed by atoms with Gasteiger partial charge in [-0.15, -0.1) is 0 Å². The summed E-state index contributed by atoms with van der Waals surface area (Å²) in [5.74, 6) is 0. The van der Waals surface area contributed by atoms with Gasteiger partial charge in [0, 0.05) is 23.9 Å². The van der Waals surface area contributed by atoms with Crippen LogP contribution in [0.2, 0.25) is 12.6 Å². The summed E-state index contributed by atoms with van der Waals surface area (Å²) in [6.07, 6.45) is 1.82. The molecule has 0 aliphatic rings. The van der Waals surface area contributed by atoms with Crippen LogP contribution in [0, 0.1) is 0 Å². The number of benzene rings is 1. The van der Waals surface area contributed by atoms with E-state index in [2.05, 4.69) is 6.55 Å². The van der Waals surface area contributed by atoms with Crippen molar-refractivity contribution >= 4 is 28.3 Å². The van der Waals surface area contributed by atoms with Crippen LogP contribution >= 0.6 is 10.7 Å². The van der Waals surface area contributed by atoms with Crippen molar-refractivity contribution in [2.45, 2.75) is 44.2 Å². The minimum Gasteiger partial charge on any atom is -0.395 e. The van der Waals surface area contributed by atoms with Crippen molar-refractivity contribution < 1.29 is 17.3 Å². The van der Waals surface area contributed by atoms with Crippen LogP contribution in [0.4, 0.5) is 0 Å². The molecule has 1 aromatic rings. The Morgan fingerprint density at radius 2 is 1.62 bits per heavy atom. The molecule has 0 amide bonds.